The molecule has 3 aromatic rings. The first kappa shape index (κ1) is 32.4. The number of rotatable bonds is 13. The molecular weight excluding hydrogens is 583 g/mol. The van der Waals surface area contributed by atoms with Crippen molar-refractivity contribution >= 4 is 50.9 Å². The summed E-state index contributed by atoms with van der Waals surface area (Å²) < 4.78 is 28.9. The minimum absolute atomic E-state index is 0.104. The molecule has 11 heteroatoms. The molecule has 0 aromatic heterocycles. The van der Waals surface area contributed by atoms with Crippen LogP contribution in [-0.2, 0) is 32.8 Å². The van der Waals surface area contributed by atoms with E-state index in [1.54, 1.807) is 48.5 Å². The topological polar surface area (TPSA) is 90.0 Å². The van der Waals surface area contributed by atoms with E-state index in [2.05, 4.69) is 5.32 Å². The molecule has 8 nitrogen and oxygen atoms in total. The van der Waals surface area contributed by atoms with Crippen LogP contribution in [0.2, 0.25) is 10.0 Å². The van der Waals surface area contributed by atoms with Gasteiger partial charge in [-0.15, -0.1) is 0 Å². The number of amides is 2. The monoisotopic (exact) mass is 618 g/mol. The van der Waals surface area contributed by atoms with Crippen LogP contribution in [0, 0.1) is 0 Å². The molecule has 0 aliphatic heterocycles. The van der Waals surface area contributed by atoms with Gasteiger partial charge in [0, 0.05) is 48.7 Å². The van der Waals surface area contributed by atoms with E-state index < -0.39 is 28.7 Å². The van der Waals surface area contributed by atoms with Gasteiger partial charge in [0.15, 0.2) is 0 Å². The normalized spacial score (nSPS) is 13.0. The predicted molar refractivity (Wildman–Crippen MR) is 165 cm³/mol. The molecule has 2 amide bonds. The Morgan fingerprint density at radius 1 is 0.878 bits per heavy atom. The molecule has 0 heterocycles. The number of benzene rings is 3. The smallest absolute Gasteiger partial charge is 0.304 e. The lowest BCUT2D eigenvalue weighted by Crippen LogP contribution is -2.55. The number of halogens is 2. The third-order valence-corrected chi connectivity index (χ3v) is 9.25. The number of anilines is 1. The molecule has 0 unspecified atom stereocenters. The van der Waals surface area contributed by atoms with E-state index in [4.69, 9.17) is 23.2 Å². The van der Waals surface area contributed by atoms with Gasteiger partial charge in [-0.25, -0.2) is 4.31 Å². The summed E-state index contributed by atoms with van der Waals surface area (Å²) in [5.41, 5.74) is 1.61. The van der Waals surface area contributed by atoms with Crippen LogP contribution < -0.4 is 9.62 Å². The zero-order chi connectivity index (χ0) is 30.2. The van der Waals surface area contributed by atoms with E-state index in [0.29, 0.717) is 27.7 Å². The van der Waals surface area contributed by atoms with Crippen LogP contribution in [-0.4, -0.2) is 62.2 Å². The quantitative estimate of drug-likeness (QED) is 0.286. The van der Waals surface area contributed by atoms with E-state index in [-0.39, 0.29) is 24.9 Å². The molecule has 0 saturated carbocycles. The lowest BCUT2D eigenvalue weighted by Gasteiger charge is -2.35. The van der Waals surface area contributed by atoms with Crippen LogP contribution in [0.4, 0.5) is 5.69 Å². The molecule has 1 N–H and O–H groups in total. The zero-order valence-corrected chi connectivity index (χ0v) is 26.0. The average molecular weight is 620 g/mol. The highest BCUT2D eigenvalue weighted by Gasteiger charge is 2.35. The third kappa shape index (κ3) is 8.45. The average Bonchev–Trinajstić information content (AvgIpc) is 2.95. The molecule has 0 saturated heterocycles. The Hall–Kier alpha value is -3.11. The van der Waals surface area contributed by atoms with Crippen LogP contribution in [0.15, 0.2) is 78.9 Å². The second-order valence-electron chi connectivity index (χ2n) is 9.88. The van der Waals surface area contributed by atoms with Crippen molar-refractivity contribution in [2.75, 3.05) is 24.9 Å². The van der Waals surface area contributed by atoms with Gasteiger partial charge >= 0.3 is 10.2 Å². The van der Waals surface area contributed by atoms with Crippen molar-refractivity contribution in [1.82, 2.24) is 14.5 Å². The summed E-state index contributed by atoms with van der Waals surface area (Å²) in [6.45, 7) is 3.19. The standard InChI is InChI=1S/C30H36Cl2N4O4S/c1-5-22(2)33-30(38)28(19-23-13-8-6-9-14-23)35(20-25-26(31)17-12-18-27(25)32)29(37)21-36(41(39,40)34(3)4)24-15-10-7-11-16-24/h6-18,22,28H,5,19-21H2,1-4H3,(H,33,38)/t22-,28-/m0/s1. The highest BCUT2D eigenvalue weighted by Crippen LogP contribution is 2.28. The maximum absolute atomic E-state index is 14.2. The first-order valence-electron chi connectivity index (χ1n) is 13.3. The highest BCUT2D eigenvalue weighted by molar-refractivity contribution is 7.90. The Morgan fingerprint density at radius 2 is 1.44 bits per heavy atom. The summed E-state index contributed by atoms with van der Waals surface area (Å²) in [6, 6.07) is 21.6. The van der Waals surface area contributed by atoms with Gasteiger partial charge < -0.3 is 10.2 Å². The van der Waals surface area contributed by atoms with Crippen LogP contribution in [0.1, 0.15) is 31.4 Å². The molecule has 0 fully saturated rings. The van der Waals surface area contributed by atoms with Crippen molar-refractivity contribution in [2.24, 2.45) is 0 Å². The lowest BCUT2D eigenvalue weighted by molar-refractivity contribution is -0.140. The second kappa shape index (κ2) is 14.7. The largest absolute Gasteiger partial charge is 0.352 e. The van der Waals surface area contributed by atoms with Crippen molar-refractivity contribution < 1.29 is 18.0 Å². The summed E-state index contributed by atoms with van der Waals surface area (Å²) in [4.78, 5) is 29.4. The van der Waals surface area contributed by atoms with Gasteiger partial charge in [-0.05, 0) is 43.2 Å². The summed E-state index contributed by atoms with van der Waals surface area (Å²) in [7, 11) is -1.28. The molecule has 0 radical (unpaired) electrons. The fourth-order valence-electron chi connectivity index (χ4n) is 4.16. The van der Waals surface area contributed by atoms with E-state index >= 15 is 0 Å². The number of carbonyl (C=O) groups is 2. The van der Waals surface area contributed by atoms with Gasteiger partial charge in [-0.2, -0.15) is 12.7 Å². The van der Waals surface area contributed by atoms with Gasteiger partial charge in [0.25, 0.3) is 0 Å². The molecule has 2 atom stereocenters. The summed E-state index contributed by atoms with van der Waals surface area (Å²) in [6.07, 6.45) is 0.889. The van der Waals surface area contributed by atoms with Crippen LogP contribution >= 0.6 is 23.2 Å². The minimum Gasteiger partial charge on any atom is -0.352 e. The summed E-state index contributed by atoms with van der Waals surface area (Å²) in [5, 5.41) is 3.66. The maximum atomic E-state index is 14.2. The van der Waals surface area contributed by atoms with Crippen molar-refractivity contribution in [3.63, 3.8) is 0 Å². The Bertz CT molecular complexity index is 1400. The summed E-state index contributed by atoms with van der Waals surface area (Å²) in [5.74, 6) is -0.947. The van der Waals surface area contributed by atoms with Gasteiger partial charge in [0.2, 0.25) is 11.8 Å². The lowest BCUT2D eigenvalue weighted by atomic mass is 10.0. The SMILES string of the molecule is CC[C@H](C)NC(=O)[C@H](Cc1ccccc1)N(Cc1c(Cl)cccc1Cl)C(=O)CN(c1ccccc1)S(=O)(=O)N(C)C. The zero-order valence-electron chi connectivity index (χ0n) is 23.6. The van der Waals surface area contributed by atoms with Crippen LogP contribution in [0.25, 0.3) is 0 Å². The van der Waals surface area contributed by atoms with Gasteiger partial charge in [0.05, 0.1) is 5.69 Å². The number of para-hydroxylation sites is 1. The van der Waals surface area contributed by atoms with Crippen molar-refractivity contribution in [3.05, 3.63) is 100 Å². The Kier molecular flexibility index (Phi) is 11.6. The Balaban J connectivity index is 2.13. The molecular formula is C30H36Cl2N4O4S. The maximum Gasteiger partial charge on any atom is 0.304 e. The first-order valence-corrected chi connectivity index (χ1v) is 15.4. The van der Waals surface area contributed by atoms with Gasteiger partial charge in [0.1, 0.15) is 12.6 Å². The van der Waals surface area contributed by atoms with Crippen molar-refractivity contribution in [3.8, 4) is 0 Å². The van der Waals surface area contributed by atoms with E-state index in [1.807, 2.05) is 44.2 Å². The molecule has 3 aromatic carbocycles. The molecule has 41 heavy (non-hydrogen) atoms. The number of hydrogen-bond donors (Lipinski definition) is 1. The predicted octanol–water partition coefficient (Wildman–Crippen LogP) is 5.16. The Labute approximate surface area is 253 Å². The molecule has 0 aliphatic rings. The van der Waals surface area contributed by atoms with Crippen LogP contribution in [0.5, 0.6) is 0 Å². The fourth-order valence-corrected chi connectivity index (χ4v) is 5.73. The third-order valence-electron chi connectivity index (χ3n) is 6.73. The first-order chi connectivity index (χ1) is 19.4. The van der Waals surface area contributed by atoms with Gasteiger partial charge in [-0.1, -0.05) is 84.7 Å². The van der Waals surface area contributed by atoms with Crippen LogP contribution in [0.3, 0.4) is 0 Å². The van der Waals surface area contributed by atoms with E-state index in [1.165, 1.54) is 19.0 Å². The number of carbonyl (C=O) groups excluding carboxylic acids is 2. The number of nitrogens with one attached hydrogen (secondary N) is 1. The molecule has 0 spiro atoms. The number of hydrogen-bond acceptors (Lipinski definition) is 4. The minimum atomic E-state index is -4.07. The number of nitrogens with zero attached hydrogens (tertiary/aromatic N) is 3. The summed E-state index contributed by atoms with van der Waals surface area (Å²) >= 11 is 13.0. The Morgan fingerprint density at radius 3 is 1.98 bits per heavy atom. The van der Waals surface area contributed by atoms with E-state index in [9.17, 15) is 18.0 Å². The second-order valence-corrected chi connectivity index (χ2v) is 12.8. The fraction of sp³-hybridized carbons (Fsp3) is 0.333. The highest BCUT2D eigenvalue weighted by atomic mass is 35.5. The molecule has 0 bridgehead atoms. The van der Waals surface area contributed by atoms with Crippen molar-refractivity contribution in [1.29, 1.82) is 0 Å². The molecule has 3 rings (SSSR count). The molecule has 0 aliphatic carbocycles. The van der Waals surface area contributed by atoms with E-state index in [0.717, 1.165) is 14.2 Å². The van der Waals surface area contributed by atoms with Crippen molar-refractivity contribution in [2.45, 2.75) is 45.3 Å². The van der Waals surface area contributed by atoms with Gasteiger partial charge in [-0.3, -0.25) is 9.59 Å². The molecule has 220 valence electrons.